The van der Waals surface area contributed by atoms with E-state index in [1.807, 2.05) is 6.92 Å². The first-order valence-corrected chi connectivity index (χ1v) is 14.0. The maximum Gasteiger partial charge on any atom is 0.255 e. The van der Waals surface area contributed by atoms with E-state index in [0.29, 0.717) is 41.2 Å². The van der Waals surface area contributed by atoms with Crippen LogP contribution in [-0.4, -0.2) is 55.3 Å². The van der Waals surface area contributed by atoms with Gasteiger partial charge in [-0.25, -0.2) is 0 Å². The molecule has 8 heteroatoms. The molecule has 1 aromatic rings. The number of nitrogen functional groups attached to an aromatic ring is 1. The highest BCUT2D eigenvalue weighted by molar-refractivity contribution is 6.03. The molecule has 0 radical (unpaired) electrons. The topological polar surface area (TPSA) is 117 Å². The molecule has 0 bridgehead atoms. The van der Waals surface area contributed by atoms with Crippen LogP contribution >= 0.6 is 0 Å². The zero-order valence-corrected chi connectivity index (χ0v) is 24.5. The fourth-order valence-corrected chi connectivity index (χ4v) is 4.24. The van der Waals surface area contributed by atoms with Crippen LogP contribution in [0.5, 0.6) is 0 Å². The lowest BCUT2D eigenvalue weighted by Crippen LogP contribution is -2.31. The van der Waals surface area contributed by atoms with Crippen LogP contribution in [0.3, 0.4) is 0 Å². The minimum absolute atomic E-state index is 0.193. The van der Waals surface area contributed by atoms with E-state index < -0.39 is 0 Å². The molecule has 3 amide bonds. The van der Waals surface area contributed by atoms with E-state index in [2.05, 4.69) is 55.5 Å². The van der Waals surface area contributed by atoms with Gasteiger partial charge in [0.05, 0.1) is 0 Å². The third-order valence-electron chi connectivity index (χ3n) is 6.72. The van der Waals surface area contributed by atoms with Gasteiger partial charge in [-0.05, 0) is 80.7 Å². The van der Waals surface area contributed by atoms with Crippen molar-refractivity contribution < 1.29 is 14.4 Å². The minimum atomic E-state index is -0.310. The number of nitrogens with zero attached hydrogens (tertiary/aromatic N) is 1. The Balaban J connectivity index is 2.20. The number of carbonyl (C=O) groups is 3. The van der Waals surface area contributed by atoms with E-state index in [1.165, 1.54) is 0 Å². The monoisotopic (exact) mass is 537 g/mol. The molecule has 0 saturated carbocycles. The third kappa shape index (κ3) is 11.1. The lowest BCUT2D eigenvalue weighted by molar-refractivity contribution is -0.117. The van der Waals surface area contributed by atoms with Crippen LogP contribution in [0.15, 0.2) is 59.3 Å². The Labute approximate surface area is 234 Å². The molecule has 2 rings (SSSR count). The van der Waals surface area contributed by atoms with Gasteiger partial charge in [-0.1, -0.05) is 47.6 Å². The third-order valence-corrected chi connectivity index (χ3v) is 6.72. The molecular formula is C31H47N5O3. The van der Waals surface area contributed by atoms with Crippen LogP contribution in [-0.2, 0) is 9.59 Å². The molecule has 0 saturated heterocycles. The number of carbonyl (C=O) groups excluding carboxylic acids is 3. The van der Waals surface area contributed by atoms with Crippen LogP contribution < -0.4 is 21.7 Å². The number of benzene rings is 1. The lowest BCUT2D eigenvalue weighted by atomic mass is 9.91. The van der Waals surface area contributed by atoms with E-state index in [4.69, 9.17) is 5.73 Å². The van der Waals surface area contributed by atoms with Crippen LogP contribution in [0.4, 0.5) is 5.69 Å². The summed E-state index contributed by atoms with van der Waals surface area (Å²) < 4.78 is 0. The maximum absolute atomic E-state index is 13.2. The molecule has 0 spiro atoms. The summed E-state index contributed by atoms with van der Waals surface area (Å²) in [5.41, 5.74) is 8.23. The van der Waals surface area contributed by atoms with Crippen molar-refractivity contribution in [3.63, 3.8) is 0 Å². The van der Waals surface area contributed by atoms with Gasteiger partial charge in [-0.3, -0.25) is 14.4 Å². The highest BCUT2D eigenvalue weighted by Crippen LogP contribution is 2.23. The van der Waals surface area contributed by atoms with Crippen molar-refractivity contribution in [3.8, 4) is 0 Å². The van der Waals surface area contributed by atoms with Gasteiger partial charge in [0, 0.05) is 47.1 Å². The first-order chi connectivity index (χ1) is 18.4. The Kier molecular flexibility index (Phi) is 12.5. The van der Waals surface area contributed by atoms with Gasteiger partial charge in [0.15, 0.2) is 0 Å². The summed E-state index contributed by atoms with van der Waals surface area (Å²) in [7, 11) is 0. The first-order valence-electron chi connectivity index (χ1n) is 14.0. The summed E-state index contributed by atoms with van der Waals surface area (Å²) >= 11 is 0. The molecule has 0 fully saturated rings. The van der Waals surface area contributed by atoms with E-state index in [0.717, 1.165) is 38.9 Å². The van der Waals surface area contributed by atoms with Crippen molar-refractivity contribution in [1.82, 2.24) is 20.9 Å². The van der Waals surface area contributed by atoms with Crippen molar-refractivity contribution in [1.29, 1.82) is 0 Å². The summed E-state index contributed by atoms with van der Waals surface area (Å²) in [6, 6.07) is 6.63. The van der Waals surface area contributed by atoms with Gasteiger partial charge in [-0.15, -0.1) is 0 Å². The second-order valence-electron chi connectivity index (χ2n) is 11.2. The average molecular weight is 538 g/mol. The largest absolute Gasteiger partial charge is 0.399 e. The summed E-state index contributed by atoms with van der Waals surface area (Å²) in [6.45, 7) is 16.5. The number of nitrogens with one attached hydrogen (secondary N) is 3. The quantitative estimate of drug-likeness (QED) is 0.223. The van der Waals surface area contributed by atoms with Crippen molar-refractivity contribution >= 4 is 23.4 Å². The molecule has 1 aliphatic rings. The van der Waals surface area contributed by atoms with Crippen LogP contribution in [0.1, 0.15) is 71.2 Å². The zero-order valence-electron chi connectivity index (χ0n) is 24.5. The van der Waals surface area contributed by atoms with Gasteiger partial charge in [0.1, 0.15) is 0 Å². The van der Waals surface area contributed by atoms with Gasteiger partial charge >= 0.3 is 0 Å². The predicted molar refractivity (Wildman–Crippen MR) is 159 cm³/mol. The van der Waals surface area contributed by atoms with Gasteiger partial charge in [0.2, 0.25) is 0 Å². The molecule has 39 heavy (non-hydrogen) atoms. The molecule has 0 aliphatic heterocycles. The molecule has 214 valence electrons. The van der Waals surface area contributed by atoms with Crippen molar-refractivity contribution in [3.05, 3.63) is 64.9 Å². The van der Waals surface area contributed by atoms with Crippen LogP contribution in [0.2, 0.25) is 0 Å². The fourth-order valence-electron chi connectivity index (χ4n) is 4.24. The molecule has 1 aromatic carbocycles. The van der Waals surface area contributed by atoms with Crippen LogP contribution in [0, 0.1) is 11.3 Å². The van der Waals surface area contributed by atoms with Crippen molar-refractivity contribution in [2.75, 3.05) is 38.5 Å². The van der Waals surface area contributed by atoms with E-state index in [1.54, 1.807) is 42.5 Å². The Morgan fingerprint density at radius 2 is 1.46 bits per heavy atom. The Hall–Kier alpha value is -3.39. The van der Waals surface area contributed by atoms with Crippen molar-refractivity contribution in [2.45, 2.75) is 60.8 Å². The van der Waals surface area contributed by atoms with E-state index in [9.17, 15) is 14.4 Å². The number of anilines is 1. The average Bonchev–Trinajstić information content (AvgIpc) is 3.05. The zero-order chi connectivity index (χ0) is 29.0. The second kappa shape index (κ2) is 15.3. The first kappa shape index (κ1) is 31.8. The highest BCUT2D eigenvalue weighted by atomic mass is 16.2. The molecule has 0 heterocycles. The smallest absolute Gasteiger partial charge is 0.255 e. The number of rotatable bonds is 13. The fraction of sp³-hybridized carbons (Fsp3) is 0.516. The Bertz CT molecular complexity index is 1080. The molecular weight excluding hydrogens is 490 g/mol. The van der Waals surface area contributed by atoms with Gasteiger partial charge < -0.3 is 26.6 Å². The Morgan fingerprint density at radius 1 is 0.872 bits per heavy atom. The summed E-state index contributed by atoms with van der Waals surface area (Å²) in [5.74, 6) is -1.13. The summed E-state index contributed by atoms with van der Waals surface area (Å²) in [4.78, 5) is 41.5. The second-order valence-corrected chi connectivity index (χ2v) is 11.2. The molecule has 5 N–H and O–H groups in total. The molecule has 8 nitrogen and oxygen atoms in total. The van der Waals surface area contributed by atoms with Gasteiger partial charge in [0.25, 0.3) is 17.7 Å². The number of hydrogen-bond acceptors (Lipinski definition) is 5. The van der Waals surface area contributed by atoms with Crippen LogP contribution in [0.25, 0.3) is 0 Å². The summed E-state index contributed by atoms with van der Waals surface area (Å²) in [6.07, 6.45) is 7.73. The van der Waals surface area contributed by atoms with Gasteiger partial charge in [-0.2, -0.15) is 0 Å². The minimum Gasteiger partial charge on any atom is -0.399 e. The lowest BCUT2D eigenvalue weighted by Gasteiger charge is -2.18. The SMILES string of the molecule is CCN(CC)CCCNC(=O)C1=CC(C(=O)NCCCC(C)(C)C)=CC(C)C(NC(=O)c2ccc(N)cc2)=C1. The Morgan fingerprint density at radius 3 is 2.05 bits per heavy atom. The molecule has 1 aliphatic carbocycles. The number of nitrogens with two attached hydrogens (primary N) is 1. The molecule has 1 unspecified atom stereocenters. The normalized spacial score (nSPS) is 15.6. The summed E-state index contributed by atoms with van der Waals surface area (Å²) in [5, 5.41) is 8.89. The predicted octanol–water partition coefficient (Wildman–Crippen LogP) is 4.18. The highest BCUT2D eigenvalue weighted by Gasteiger charge is 2.22. The molecule has 0 aromatic heterocycles. The maximum atomic E-state index is 13.2. The number of hydrogen-bond donors (Lipinski definition) is 4. The van der Waals surface area contributed by atoms with E-state index >= 15 is 0 Å². The number of allylic oxidation sites excluding steroid dienone is 1. The molecule has 1 atom stereocenters. The standard InChI is InChI=1S/C31H47N5O3/c1-7-36(8-2)18-10-17-34-29(38)25-20-24(28(37)33-16-9-15-31(4,5)6)19-22(3)27(21-25)35-30(39)23-11-13-26(32)14-12-23/h11-14,19-22H,7-10,15-18,32H2,1-6H3,(H,33,37)(H,34,38)(H,35,39). The number of amides is 3. The van der Waals surface area contributed by atoms with Crippen molar-refractivity contribution in [2.24, 2.45) is 11.3 Å². The van der Waals surface area contributed by atoms with E-state index in [-0.39, 0.29) is 29.1 Å².